The van der Waals surface area contributed by atoms with Gasteiger partial charge in [-0.1, -0.05) is 45.7 Å². The Morgan fingerprint density at radius 3 is 2.54 bits per heavy atom. The van der Waals surface area contributed by atoms with Gasteiger partial charge in [0.25, 0.3) is 5.91 Å². The zero-order valence-electron chi connectivity index (χ0n) is 19.0. The van der Waals surface area contributed by atoms with E-state index in [2.05, 4.69) is 15.9 Å². The second kappa shape index (κ2) is 9.40. The highest BCUT2D eigenvalue weighted by molar-refractivity contribution is 9.10. The van der Waals surface area contributed by atoms with Gasteiger partial charge < -0.3 is 18.8 Å². The number of methoxy groups -OCH3 is 2. The molecule has 5 rings (SSSR count). The summed E-state index contributed by atoms with van der Waals surface area (Å²) in [6.07, 6.45) is 0.546. The first-order chi connectivity index (χ1) is 16.9. The zero-order chi connectivity index (χ0) is 24.7. The summed E-state index contributed by atoms with van der Waals surface area (Å²) in [5.74, 6) is 0.999. The Kier molecular flexibility index (Phi) is 6.30. The lowest BCUT2D eigenvalue weighted by Gasteiger charge is -2.25. The number of rotatable bonds is 6. The van der Waals surface area contributed by atoms with Gasteiger partial charge >= 0.3 is 0 Å². The molecule has 1 atom stereocenters. The van der Waals surface area contributed by atoms with Crippen molar-refractivity contribution in [3.8, 4) is 11.5 Å². The minimum absolute atomic E-state index is 0.0714. The van der Waals surface area contributed by atoms with Crippen LogP contribution in [0, 0.1) is 0 Å². The van der Waals surface area contributed by atoms with Crippen LogP contribution in [0.4, 0.5) is 0 Å². The molecule has 0 spiro atoms. The van der Waals surface area contributed by atoms with Crippen LogP contribution in [0.3, 0.4) is 0 Å². The lowest BCUT2D eigenvalue weighted by atomic mass is 9.98. The summed E-state index contributed by atoms with van der Waals surface area (Å²) in [4.78, 5) is 28.9. The summed E-state index contributed by atoms with van der Waals surface area (Å²) in [6.45, 7) is 0.367. The normalized spacial score (nSPS) is 14.9. The largest absolute Gasteiger partial charge is 0.493 e. The lowest BCUT2D eigenvalue weighted by molar-refractivity contribution is 0.0730. The third kappa shape index (κ3) is 4.19. The number of hydrogen-bond donors (Lipinski definition) is 0. The van der Waals surface area contributed by atoms with Crippen LogP contribution in [0.15, 0.2) is 74.3 Å². The van der Waals surface area contributed by atoms with Crippen LogP contribution in [0.1, 0.15) is 33.3 Å². The van der Waals surface area contributed by atoms with Crippen molar-refractivity contribution in [3.63, 3.8) is 0 Å². The number of fused-ring (bicyclic) bond motifs is 2. The predicted octanol–water partition coefficient (Wildman–Crippen LogP) is 6.01. The van der Waals surface area contributed by atoms with Gasteiger partial charge in [0.05, 0.1) is 31.2 Å². The number of ether oxygens (including phenoxy) is 2. The first kappa shape index (κ1) is 23.5. The van der Waals surface area contributed by atoms with Crippen molar-refractivity contribution in [2.45, 2.75) is 12.5 Å². The summed E-state index contributed by atoms with van der Waals surface area (Å²) >= 11 is 9.66. The van der Waals surface area contributed by atoms with Crippen molar-refractivity contribution < 1.29 is 18.7 Å². The highest BCUT2D eigenvalue weighted by Gasteiger charge is 2.42. The van der Waals surface area contributed by atoms with Crippen molar-refractivity contribution in [2.75, 3.05) is 20.8 Å². The molecule has 178 valence electrons. The van der Waals surface area contributed by atoms with Crippen molar-refractivity contribution in [1.82, 2.24) is 4.90 Å². The van der Waals surface area contributed by atoms with E-state index in [1.807, 2.05) is 42.5 Å². The summed E-state index contributed by atoms with van der Waals surface area (Å²) in [6, 6.07) is 17.5. The topological polar surface area (TPSA) is 69.0 Å². The molecule has 8 heteroatoms. The van der Waals surface area contributed by atoms with Gasteiger partial charge in [-0.15, -0.1) is 0 Å². The van der Waals surface area contributed by atoms with E-state index in [9.17, 15) is 9.59 Å². The maximum absolute atomic E-state index is 13.6. The molecule has 0 radical (unpaired) electrons. The number of carbonyl (C=O) groups excluding carboxylic acids is 1. The molecule has 4 aromatic rings. The van der Waals surface area contributed by atoms with Crippen LogP contribution >= 0.6 is 27.5 Å². The molecule has 1 aromatic heterocycles. The average molecular weight is 555 g/mol. The summed E-state index contributed by atoms with van der Waals surface area (Å²) < 4.78 is 17.6. The van der Waals surface area contributed by atoms with Gasteiger partial charge in [-0.05, 0) is 60.0 Å². The number of amides is 1. The fourth-order valence-electron chi connectivity index (χ4n) is 4.53. The highest BCUT2D eigenvalue weighted by Crippen LogP contribution is 2.39. The number of hydrogen-bond acceptors (Lipinski definition) is 5. The molecule has 1 aliphatic rings. The standard InChI is InChI=1S/C27H21BrClNO5/c1-33-21-8-6-15(12-22(21)34-2)10-11-30-24(16-4-3-5-17(28)13-16)23-25(31)19-14-18(29)7-9-20(19)35-26(23)27(30)32/h3-9,12-14,24H,10-11H2,1-2H3. The maximum Gasteiger partial charge on any atom is 0.290 e. The van der Waals surface area contributed by atoms with Gasteiger partial charge in [0.1, 0.15) is 5.58 Å². The Hall–Kier alpha value is -3.29. The van der Waals surface area contributed by atoms with Crippen LogP contribution in [0.25, 0.3) is 11.0 Å². The van der Waals surface area contributed by atoms with Gasteiger partial charge in [0.15, 0.2) is 16.9 Å². The zero-order valence-corrected chi connectivity index (χ0v) is 21.4. The molecule has 3 aromatic carbocycles. The van der Waals surface area contributed by atoms with E-state index in [0.29, 0.717) is 46.0 Å². The second-order valence-corrected chi connectivity index (χ2v) is 9.56. The number of halogens is 2. The quantitative estimate of drug-likeness (QED) is 0.292. The smallest absolute Gasteiger partial charge is 0.290 e. The Labute approximate surface area is 215 Å². The summed E-state index contributed by atoms with van der Waals surface area (Å²) in [7, 11) is 3.17. The molecule has 0 fully saturated rings. The first-order valence-corrected chi connectivity index (χ1v) is 12.1. The minimum Gasteiger partial charge on any atom is -0.493 e. The first-order valence-electron chi connectivity index (χ1n) is 10.9. The van der Waals surface area contributed by atoms with E-state index in [1.54, 1.807) is 37.3 Å². The van der Waals surface area contributed by atoms with Gasteiger partial charge in [-0.3, -0.25) is 9.59 Å². The predicted molar refractivity (Wildman–Crippen MR) is 138 cm³/mol. The van der Waals surface area contributed by atoms with Crippen molar-refractivity contribution >= 4 is 44.4 Å². The molecule has 0 saturated heterocycles. The van der Waals surface area contributed by atoms with Crippen LogP contribution in [-0.4, -0.2) is 31.6 Å². The average Bonchev–Trinajstić information content (AvgIpc) is 3.14. The third-order valence-electron chi connectivity index (χ3n) is 6.18. The Balaban J connectivity index is 1.59. The van der Waals surface area contributed by atoms with Crippen LogP contribution in [-0.2, 0) is 6.42 Å². The molecule has 6 nitrogen and oxygen atoms in total. The molecule has 0 aliphatic carbocycles. The molecule has 1 unspecified atom stereocenters. The van der Waals surface area contributed by atoms with Crippen LogP contribution < -0.4 is 14.9 Å². The van der Waals surface area contributed by atoms with Crippen LogP contribution in [0.5, 0.6) is 11.5 Å². The van der Waals surface area contributed by atoms with Gasteiger partial charge in [0, 0.05) is 16.0 Å². The van der Waals surface area contributed by atoms with E-state index in [1.165, 1.54) is 0 Å². The molecule has 2 heterocycles. The van der Waals surface area contributed by atoms with Crippen LogP contribution in [0.2, 0.25) is 5.02 Å². The van der Waals surface area contributed by atoms with Gasteiger partial charge in [-0.25, -0.2) is 0 Å². The molecule has 0 N–H and O–H groups in total. The fraction of sp³-hybridized carbons (Fsp3) is 0.185. The molecule has 0 saturated carbocycles. The van der Waals surface area contributed by atoms with E-state index >= 15 is 0 Å². The molecular formula is C27H21BrClNO5. The van der Waals surface area contributed by atoms with E-state index < -0.39 is 6.04 Å². The fourth-order valence-corrected chi connectivity index (χ4v) is 5.12. The van der Waals surface area contributed by atoms with Crippen molar-refractivity contribution in [1.29, 1.82) is 0 Å². The van der Waals surface area contributed by atoms with Crippen molar-refractivity contribution in [2.24, 2.45) is 0 Å². The van der Waals surface area contributed by atoms with Crippen molar-refractivity contribution in [3.05, 3.63) is 103 Å². The summed E-state index contributed by atoms with van der Waals surface area (Å²) in [5.41, 5.74) is 2.19. The molecule has 1 amide bonds. The second-order valence-electron chi connectivity index (χ2n) is 8.21. The molecule has 0 bridgehead atoms. The van der Waals surface area contributed by atoms with Gasteiger partial charge in [-0.2, -0.15) is 0 Å². The molecule has 1 aliphatic heterocycles. The minimum atomic E-state index is -0.588. The van der Waals surface area contributed by atoms with E-state index in [0.717, 1.165) is 15.6 Å². The molecule has 35 heavy (non-hydrogen) atoms. The Bertz CT molecular complexity index is 1520. The third-order valence-corrected chi connectivity index (χ3v) is 6.91. The van der Waals surface area contributed by atoms with Gasteiger partial charge in [0.2, 0.25) is 5.76 Å². The number of benzene rings is 3. The Morgan fingerprint density at radius 1 is 1.00 bits per heavy atom. The number of nitrogens with zero attached hydrogens (tertiary/aromatic N) is 1. The highest BCUT2D eigenvalue weighted by atomic mass is 79.9. The summed E-state index contributed by atoms with van der Waals surface area (Å²) in [5, 5.41) is 0.782. The number of carbonyl (C=O) groups is 1. The SMILES string of the molecule is COc1ccc(CCN2C(=O)c3oc4ccc(Cl)cc4c(=O)c3C2c2cccc(Br)c2)cc1OC. The lowest BCUT2D eigenvalue weighted by Crippen LogP contribution is -2.31. The Morgan fingerprint density at radius 2 is 1.80 bits per heavy atom. The molecular weight excluding hydrogens is 534 g/mol. The maximum atomic E-state index is 13.6. The van der Waals surface area contributed by atoms with E-state index in [-0.39, 0.29) is 17.1 Å². The monoisotopic (exact) mass is 553 g/mol. The van der Waals surface area contributed by atoms with E-state index in [4.69, 9.17) is 25.5 Å².